The van der Waals surface area contributed by atoms with E-state index >= 15 is 0 Å². The van der Waals surface area contributed by atoms with Crippen molar-refractivity contribution in [3.05, 3.63) is 70.5 Å². The van der Waals surface area contributed by atoms with E-state index in [1.165, 1.54) is 17.0 Å². The third-order valence-corrected chi connectivity index (χ3v) is 5.62. The van der Waals surface area contributed by atoms with Crippen LogP contribution in [0.1, 0.15) is 14.7 Å². The fourth-order valence-electron chi connectivity index (χ4n) is 3.31. The van der Waals surface area contributed by atoms with Gasteiger partial charge in [0.15, 0.2) is 0 Å². The number of hydrogen-bond donors (Lipinski definition) is 0. The van der Waals surface area contributed by atoms with E-state index in [9.17, 15) is 4.79 Å². The van der Waals surface area contributed by atoms with Crippen molar-refractivity contribution in [3.63, 3.8) is 0 Å². The summed E-state index contributed by atoms with van der Waals surface area (Å²) in [7, 11) is 0. The first-order valence-corrected chi connectivity index (χ1v) is 9.66. The molecule has 1 aromatic heterocycles. The van der Waals surface area contributed by atoms with Crippen LogP contribution < -0.4 is 4.90 Å². The van der Waals surface area contributed by atoms with E-state index < -0.39 is 0 Å². The van der Waals surface area contributed by atoms with Gasteiger partial charge in [-0.3, -0.25) is 4.79 Å². The first kappa shape index (κ1) is 16.8. The van der Waals surface area contributed by atoms with E-state index in [1.807, 2.05) is 48.2 Å². The average molecular weight is 363 g/mol. The summed E-state index contributed by atoms with van der Waals surface area (Å²) in [5.74, 6) is 0.0992. The number of carbonyl (C=O) groups is 1. The lowest BCUT2D eigenvalue weighted by atomic mass is 10.1. The Morgan fingerprint density at radius 2 is 1.54 bits per heavy atom. The lowest BCUT2D eigenvalue weighted by Crippen LogP contribution is -2.48. The van der Waals surface area contributed by atoms with Crippen LogP contribution in [0.5, 0.6) is 0 Å². The van der Waals surface area contributed by atoms with Crippen LogP contribution in [0.3, 0.4) is 0 Å². The van der Waals surface area contributed by atoms with Gasteiger partial charge in [0.1, 0.15) is 4.88 Å². The van der Waals surface area contributed by atoms with Crippen LogP contribution in [0.25, 0.3) is 11.3 Å². The van der Waals surface area contributed by atoms with Gasteiger partial charge in [0, 0.05) is 37.4 Å². The molecule has 1 aliphatic heterocycles. The summed E-state index contributed by atoms with van der Waals surface area (Å²) >= 11 is 1.49. The molecule has 2 heterocycles. The van der Waals surface area contributed by atoms with Crippen LogP contribution >= 0.6 is 11.3 Å². The molecule has 1 fully saturated rings. The van der Waals surface area contributed by atoms with Crippen LogP contribution in [-0.4, -0.2) is 42.0 Å². The largest absolute Gasteiger partial charge is 0.368 e. The van der Waals surface area contributed by atoms with E-state index in [0.29, 0.717) is 0 Å². The van der Waals surface area contributed by atoms with Crippen LogP contribution in [0, 0.1) is 6.92 Å². The number of amides is 1. The van der Waals surface area contributed by atoms with E-state index in [2.05, 4.69) is 34.1 Å². The fraction of sp³-hybridized carbons (Fsp3) is 0.238. The number of anilines is 1. The van der Waals surface area contributed by atoms with Gasteiger partial charge in [-0.1, -0.05) is 48.5 Å². The van der Waals surface area contributed by atoms with Crippen molar-refractivity contribution in [1.82, 2.24) is 9.88 Å². The van der Waals surface area contributed by atoms with Crippen LogP contribution in [0.15, 0.2) is 60.7 Å². The van der Waals surface area contributed by atoms with Gasteiger partial charge in [-0.15, -0.1) is 11.3 Å². The van der Waals surface area contributed by atoms with Gasteiger partial charge in [-0.05, 0) is 19.1 Å². The van der Waals surface area contributed by atoms with Gasteiger partial charge in [0.2, 0.25) is 0 Å². The molecular formula is C21H21N3OS. The van der Waals surface area contributed by atoms with Crippen LogP contribution in [0.4, 0.5) is 5.69 Å². The van der Waals surface area contributed by atoms with Gasteiger partial charge in [-0.25, -0.2) is 4.98 Å². The fourth-order valence-corrected chi connectivity index (χ4v) is 4.22. The number of nitrogens with zero attached hydrogens (tertiary/aromatic N) is 3. The van der Waals surface area contributed by atoms with Gasteiger partial charge in [-0.2, -0.15) is 0 Å². The predicted octanol–water partition coefficient (Wildman–Crippen LogP) is 4.08. The number of benzene rings is 2. The molecule has 1 aliphatic rings. The van der Waals surface area contributed by atoms with Gasteiger partial charge >= 0.3 is 0 Å². The van der Waals surface area contributed by atoms with Crippen LogP contribution in [0.2, 0.25) is 0 Å². The minimum absolute atomic E-state index is 0.0992. The summed E-state index contributed by atoms with van der Waals surface area (Å²) in [6.07, 6.45) is 0. The molecule has 26 heavy (non-hydrogen) atoms. The third kappa shape index (κ3) is 3.35. The number of rotatable bonds is 3. The van der Waals surface area contributed by atoms with Crippen molar-refractivity contribution in [3.8, 4) is 11.3 Å². The maximum absolute atomic E-state index is 13.1. The molecule has 0 spiro atoms. The second kappa shape index (κ2) is 7.30. The summed E-state index contributed by atoms with van der Waals surface area (Å²) in [4.78, 5) is 22.8. The summed E-state index contributed by atoms with van der Waals surface area (Å²) < 4.78 is 0. The maximum Gasteiger partial charge on any atom is 0.266 e. The molecule has 5 heteroatoms. The second-order valence-corrected chi connectivity index (χ2v) is 7.59. The molecule has 0 atom stereocenters. The Balaban J connectivity index is 1.51. The Bertz CT molecular complexity index is 884. The minimum atomic E-state index is 0.0992. The quantitative estimate of drug-likeness (QED) is 0.703. The van der Waals surface area contributed by atoms with E-state index in [0.717, 1.165) is 47.3 Å². The summed E-state index contributed by atoms with van der Waals surface area (Å²) in [6.45, 7) is 5.14. The molecule has 4 nitrogen and oxygen atoms in total. The van der Waals surface area contributed by atoms with Gasteiger partial charge < -0.3 is 9.80 Å². The monoisotopic (exact) mass is 363 g/mol. The van der Waals surface area contributed by atoms with Gasteiger partial charge in [0.05, 0.1) is 10.7 Å². The normalized spacial score (nSPS) is 14.5. The highest BCUT2D eigenvalue weighted by Crippen LogP contribution is 2.29. The number of aromatic nitrogens is 1. The summed E-state index contributed by atoms with van der Waals surface area (Å²) in [5, 5.41) is 0.926. The first-order chi connectivity index (χ1) is 12.7. The van der Waals surface area contributed by atoms with Crippen molar-refractivity contribution in [2.24, 2.45) is 0 Å². The topological polar surface area (TPSA) is 36.4 Å². The third-order valence-electron chi connectivity index (χ3n) is 4.66. The summed E-state index contributed by atoms with van der Waals surface area (Å²) in [6, 6.07) is 20.4. The lowest BCUT2D eigenvalue weighted by Gasteiger charge is -2.36. The highest BCUT2D eigenvalue weighted by atomic mass is 32.1. The Morgan fingerprint density at radius 1 is 0.923 bits per heavy atom. The number of piperazine rings is 1. The van der Waals surface area contributed by atoms with Crippen molar-refractivity contribution in [2.45, 2.75) is 6.92 Å². The van der Waals surface area contributed by atoms with Crippen LogP contribution in [-0.2, 0) is 0 Å². The molecule has 1 saturated heterocycles. The molecular weight excluding hydrogens is 342 g/mol. The zero-order valence-corrected chi connectivity index (χ0v) is 15.6. The molecule has 4 rings (SSSR count). The number of aryl methyl sites for hydroxylation is 1. The highest BCUT2D eigenvalue weighted by molar-refractivity contribution is 7.14. The zero-order valence-electron chi connectivity index (χ0n) is 14.8. The van der Waals surface area contributed by atoms with Crippen molar-refractivity contribution in [2.75, 3.05) is 31.1 Å². The smallest absolute Gasteiger partial charge is 0.266 e. The average Bonchev–Trinajstić information content (AvgIpc) is 3.11. The highest BCUT2D eigenvalue weighted by Gasteiger charge is 2.26. The Hall–Kier alpha value is -2.66. The first-order valence-electron chi connectivity index (χ1n) is 8.84. The molecule has 0 bridgehead atoms. The SMILES string of the molecule is Cc1nc(-c2ccccc2)c(C(=O)N2CCN(c3ccccc3)CC2)s1. The Labute approximate surface area is 157 Å². The molecule has 0 unspecified atom stereocenters. The standard InChI is InChI=1S/C21H21N3OS/c1-16-22-19(17-8-4-2-5-9-17)20(26-16)21(25)24-14-12-23(13-15-24)18-10-6-3-7-11-18/h2-11H,12-15H2,1H3. The van der Waals surface area contributed by atoms with E-state index in [4.69, 9.17) is 0 Å². The van der Waals surface area contributed by atoms with Crippen molar-refractivity contribution >= 4 is 22.9 Å². The van der Waals surface area contributed by atoms with Gasteiger partial charge in [0.25, 0.3) is 5.91 Å². The maximum atomic E-state index is 13.1. The number of thiazole rings is 1. The molecule has 0 N–H and O–H groups in total. The van der Waals surface area contributed by atoms with Crippen molar-refractivity contribution < 1.29 is 4.79 Å². The lowest BCUT2D eigenvalue weighted by molar-refractivity contribution is 0.0752. The number of hydrogen-bond acceptors (Lipinski definition) is 4. The minimum Gasteiger partial charge on any atom is -0.368 e. The Kier molecular flexibility index (Phi) is 4.71. The molecule has 0 radical (unpaired) electrons. The predicted molar refractivity (Wildman–Crippen MR) is 107 cm³/mol. The van der Waals surface area contributed by atoms with E-state index in [1.54, 1.807) is 0 Å². The van der Waals surface area contributed by atoms with E-state index in [-0.39, 0.29) is 5.91 Å². The molecule has 1 amide bonds. The molecule has 132 valence electrons. The van der Waals surface area contributed by atoms with Crippen molar-refractivity contribution in [1.29, 1.82) is 0 Å². The molecule has 2 aromatic carbocycles. The molecule has 0 saturated carbocycles. The Morgan fingerprint density at radius 3 is 2.19 bits per heavy atom. The number of carbonyl (C=O) groups excluding carboxylic acids is 1. The second-order valence-electron chi connectivity index (χ2n) is 6.39. The zero-order chi connectivity index (χ0) is 17.9. The summed E-state index contributed by atoms with van der Waals surface area (Å²) in [5.41, 5.74) is 3.03. The molecule has 3 aromatic rings. The molecule has 0 aliphatic carbocycles. The number of para-hydroxylation sites is 1.